The van der Waals surface area contributed by atoms with Crippen molar-refractivity contribution in [1.29, 1.82) is 0 Å². The van der Waals surface area contributed by atoms with E-state index in [1.54, 1.807) is 12.4 Å². The maximum absolute atomic E-state index is 13.1. The van der Waals surface area contributed by atoms with E-state index in [4.69, 9.17) is 4.74 Å². The van der Waals surface area contributed by atoms with Gasteiger partial charge in [0.25, 0.3) is 0 Å². The molecule has 2 heterocycles. The lowest BCUT2D eigenvalue weighted by molar-refractivity contribution is -0.122. The largest absolute Gasteiger partial charge is 0.347 e. The van der Waals surface area contributed by atoms with Gasteiger partial charge in [-0.2, -0.15) is 0 Å². The predicted octanol–water partition coefficient (Wildman–Crippen LogP) is 4.63. The van der Waals surface area contributed by atoms with Gasteiger partial charge in [0.1, 0.15) is 12.1 Å². The van der Waals surface area contributed by atoms with Crippen LogP contribution in [0.1, 0.15) is 45.6 Å². The lowest BCUT2D eigenvalue weighted by Gasteiger charge is -2.40. The molecule has 1 saturated heterocycles. The summed E-state index contributed by atoms with van der Waals surface area (Å²) in [7, 11) is 0. The molecule has 2 aromatic rings. The third-order valence-electron chi connectivity index (χ3n) is 4.84. The van der Waals surface area contributed by atoms with Crippen molar-refractivity contribution in [2.24, 2.45) is 0 Å². The average molecular weight is 406 g/mol. The van der Waals surface area contributed by atoms with Crippen molar-refractivity contribution in [3.05, 3.63) is 53.0 Å². The van der Waals surface area contributed by atoms with Gasteiger partial charge in [0, 0.05) is 22.8 Å². The highest BCUT2D eigenvalue weighted by Crippen LogP contribution is 2.45. The molecule has 1 aromatic heterocycles. The summed E-state index contributed by atoms with van der Waals surface area (Å²) < 4.78 is 9.01. The van der Waals surface area contributed by atoms with Crippen molar-refractivity contribution < 1.29 is 9.53 Å². The van der Waals surface area contributed by atoms with Crippen LogP contribution in [0.25, 0.3) is 0 Å². The van der Waals surface area contributed by atoms with E-state index in [1.165, 1.54) is 10.9 Å². The number of benzene rings is 1. The molecule has 1 aromatic carbocycles. The Balaban J connectivity index is 2.01. The first-order chi connectivity index (χ1) is 11.8. The van der Waals surface area contributed by atoms with Crippen LogP contribution in [0.15, 0.2) is 47.5 Å². The molecule has 1 fully saturated rings. The summed E-state index contributed by atoms with van der Waals surface area (Å²) in [5, 5.41) is 0. The summed E-state index contributed by atoms with van der Waals surface area (Å²) in [6, 6.07) is 8.14. The number of imidazole rings is 1. The first kappa shape index (κ1) is 18.1. The molecule has 1 aliphatic rings. The molecule has 1 aliphatic heterocycles. The van der Waals surface area contributed by atoms with Crippen molar-refractivity contribution in [3.63, 3.8) is 0 Å². The number of hydrogen-bond donors (Lipinski definition) is 0. The van der Waals surface area contributed by atoms with Crippen LogP contribution in [0.2, 0.25) is 0 Å². The molecule has 5 nitrogen and oxygen atoms in total. The molecular formula is C19H24BrN3O2. The SMILES string of the molecule is CCC(c1ccc(Br)cc1)C1(C)OC(C)(C)CN1C(=O)n1ccnc1. The van der Waals surface area contributed by atoms with Crippen LogP contribution in [0, 0.1) is 0 Å². The standard InChI is InChI=1S/C19H24BrN3O2/c1-5-16(14-6-8-15(20)9-7-14)19(4)23(12-18(2,3)25-19)17(24)22-11-10-21-13-22/h6-11,13,16H,5,12H2,1-4H3. The van der Waals surface area contributed by atoms with Gasteiger partial charge in [0.05, 0.1) is 12.1 Å². The van der Waals surface area contributed by atoms with Gasteiger partial charge in [0.15, 0.2) is 0 Å². The van der Waals surface area contributed by atoms with Gasteiger partial charge < -0.3 is 4.74 Å². The Morgan fingerprint density at radius 1 is 1.32 bits per heavy atom. The second kappa shape index (κ2) is 6.57. The monoisotopic (exact) mass is 405 g/mol. The first-order valence-electron chi connectivity index (χ1n) is 8.52. The van der Waals surface area contributed by atoms with Gasteiger partial charge >= 0.3 is 6.03 Å². The highest BCUT2D eigenvalue weighted by atomic mass is 79.9. The molecule has 1 amide bonds. The quantitative estimate of drug-likeness (QED) is 0.747. The third kappa shape index (κ3) is 3.37. The predicted molar refractivity (Wildman–Crippen MR) is 100 cm³/mol. The van der Waals surface area contributed by atoms with E-state index in [2.05, 4.69) is 40.0 Å². The van der Waals surface area contributed by atoms with Crippen LogP contribution in [0.5, 0.6) is 0 Å². The van der Waals surface area contributed by atoms with Crippen molar-refractivity contribution in [2.45, 2.75) is 51.4 Å². The number of carbonyl (C=O) groups excluding carboxylic acids is 1. The minimum Gasteiger partial charge on any atom is -0.347 e. The number of rotatable bonds is 3. The van der Waals surface area contributed by atoms with Crippen LogP contribution in [-0.2, 0) is 4.74 Å². The van der Waals surface area contributed by atoms with Crippen LogP contribution >= 0.6 is 15.9 Å². The van der Waals surface area contributed by atoms with Crippen molar-refractivity contribution in [3.8, 4) is 0 Å². The van der Waals surface area contributed by atoms with Crippen LogP contribution < -0.4 is 0 Å². The summed E-state index contributed by atoms with van der Waals surface area (Å²) in [6.07, 6.45) is 5.69. The average Bonchev–Trinajstić information content (AvgIpc) is 3.15. The lowest BCUT2D eigenvalue weighted by atomic mass is 9.86. The van der Waals surface area contributed by atoms with Gasteiger partial charge in [-0.3, -0.25) is 9.47 Å². The Kier molecular flexibility index (Phi) is 4.77. The first-order valence-corrected chi connectivity index (χ1v) is 9.32. The number of halogens is 1. The van der Waals surface area contributed by atoms with Gasteiger partial charge in [-0.05, 0) is 44.9 Å². The van der Waals surface area contributed by atoms with Gasteiger partial charge in [-0.25, -0.2) is 9.78 Å². The van der Waals surface area contributed by atoms with Gasteiger partial charge in [-0.15, -0.1) is 0 Å². The van der Waals surface area contributed by atoms with Crippen molar-refractivity contribution in [1.82, 2.24) is 14.5 Å². The number of hydrogen-bond acceptors (Lipinski definition) is 3. The van der Waals surface area contributed by atoms with E-state index < -0.39 is 11.3 Å². The summed E-state index contributed by atoms with van der Waals surface area (Å²) in [6.45, 7) is 8.74. The van der Waals surface area contributed by atoms with Crippen LogP contribution in [-0.4, -0.2) is 38.4 Å². The molecule has 6 heteroatoms. The lowest BCUT2D eigenvalue weighted by Crippen LogP contribution is -2.51. The zero-order chi connectivity index (χ0) is 18.2. The van der Waals surface area contributed by atoms with E-state index in [0.29, 0.717) is 6.54 Å². The smallest absolute Gasteiger partial charge is 0.331 e. The Labute approximate surface area is 157 Å². The fourth-order valence-corrected chi connectivity index (χ4v) is 4.10. The number of ether oxygens (including phenoxy) is 1. The fourth-order valence-electron chi connectivity index (χ4n) is 3.83. The topological polar surface area (TPSA) is 47.4 Å². The minimum absolute atomic E-state index is 0.0647. The molecule has 0 aliphatic carbocycles. The van der Waals surface area contributed by atoms with Crippen LogP contribution in [0.3, 0.4) is 0 Å². The molecular weight excluding hydrogens is 382 g/mol. The zero-order valence-electron chi connectivity index (χ0n) is 15.1. The molecule has 0 radical (unpaired) electrons. The summed E-state index contributed by atoms with van der Waals surface area (Å²) in [4.78, 5) is 18.9. The summed E-state index contributed by atoms with van der Waals surface area (Å²) in [5.41, 5.74) is 0.0237. The Morgan fingerprint density at radius 3 is 2.56 bits per heavy atom. The van der Waals surface area contributed by atoms with Crippen molar-refractivity contribution in [2.75, 3.05) is 6.54 Å². The molecule has 0 spiro atoms. The molecule has 2 unspecified atom stereocenters. The zero-order valence-corrected chi connectivity index (χ0v) is 16.7. The van der Waals surface area contributed by atoms with Gasteiger partial charge in [-0.1, -0.05) is 35.0 Å². The maximum atomic E-state index is 13.1. The molecule has 25 heavy (non-hydrogen) atoms. The Morgan fingerprint density at radius 2 is 2.00 bits per heavy atom. The van der Waals surface area contributed by atoms with Crippen molar-refractivity contribution >= 4 is 22.0 Å². The van der Waals surface area contributed by atoms with E-state index in [1.807, 2.05) is 37.8 Å². The van der Waals surface area contributed by atoms with E-state index in [0.717, 1.165) is 16.5 Å². The summed E-state index contributed by atoms with van der Waals surface area (Å²) in [5.74, 6) is 0.0647. The highest BCUT2D eigenvalue weighted by molar-refractivity contribution is 9.10. The third-order valence-corrected chi connectivity index (χ3v) is 5.37. The fraction of sp³-hybridized carbons (Fsp3) is 0.474. The second-order valence-electron chi connectivity index (χ2n) is 7.27. The second-order valence-corrected chi connectivity index (χ2v) is 8.18. The Hall–Kier alpha value is -1.66. The summed E-state index contributed by atoms with van der Waals surface area (Å²) >= 11 is 3.49. The normalized spacial score (nSPS) is 23.6. The van der Waals surface area contributed by atoms with Gasteiger partial charge in [0.2, 0.25) is 0 Å². The van der Waals surface area contributed by atoms with E-state index >= 15 is 0 Å². The molecule has 2 atom stereocenters. The highest BCUT2D eigenvalue weighted by Gasteiger charge is 2.53. The number of aromatic nitrogens is 2. The molecule has 134 valence electrons. The van der Waals surface area contributed by atoms with Crippen LogP contribution in [0.4, 0.5) is 4.79 Å². The van der Waals surface area contributed by atoms with E-state index in [-0.39, 0.29) is 11.9 Å². The Bertz CT molecular complexity index is 743. The molecule has 3 rings (SSSR count). The maximum Gasteiger partial charge on any atom is 0.331 e. The number of nitrogens with zero attached hydrogens (tertiary/aromatic N) is 3. The molecule has 0 saturated carbocycles. The minimum atomic E-state index is -0.729. The molecule has 0 N–H and O–H groups in total. The molecule has 0 bridgehead atoms. The number of amides is 1. The number of carbonyl (C=O) groups is 1. The van der Waals surface area contributed by atoms with E-state index in [9.17, 15) is 4.79 Å².